The molecule has 4 nitrogen and oxygen atoms in total. The highest BCUT2D eigenvalue weighted by Gasteiger charge is 2.12. The summed E-state index contributed by atoms with van der Waals surface area (Å²) in [6.07, 6.45) is -0.464. The summed E-state index contributed by atoms with van der Waals surface area (Å²) in [5, 5.41) is 6.04. The zero-order valence-electron chi connectivity index (χ0n) is 13.5. The van der Waals surface area contributed by atoms with Gasteiger partial charge in [0.1, 0.15) is 5.75 Å². The van der Waals surface area contributed by atoms with Crippen molar-refractivity contribution in [2.45, 2.75) is 32.9 Å². The number of hydrogen-bond donors (Lipinski definition) is 2. The summed E-state index contributed by atoms with van der Waals surface area (Å²) in [5.41, 5.74) is 1.74. The number of carbonyl (C=O) groups excluding carboxylic acids is 1. The van der Waals surface area contributed by atoms with Crippen molar-refractivity contribution in [2.75, 3.05) is 5.32 Å². The summed E-state index contributed by atoms with van der Waals surface area (Å²) in [6.45, 7) is 5.99. The van der Waals surface area contributed by atoms with Gasteiger partial charge >= 0.3 is 6.03 Å². The number of urea groups is 1. The molecule has 2 aromatic rings. The van der Waals surface area contributed by atoms with Gasteiger partial charge < -0.3 is 15.4 Å². The number of amides is 2. The van der Waals surface area contributed by atoms with Crippen LogP contribution in [0.2, 0.25) is 5.02 Å². The topological polar surface area (TPSA) is 50.4 Å². The number of hydrogen-bond acceptors (Lipinski definition) is 2. The van der Waals surface area contributed by atoms with Crippen molar-refractivity contribution in [3.63, 3.8) is 0 Å². The third kappa shape index (κ3) is 5.18. The highest BCUT2D eigenvalue weighted by molar-refractivity contribution is 6.30. The van der Waals surface area contributed by atoms with Gasteiger partial charge in [0.15, 0.2) is 6.23 Å². The molecule has 0 radical (unpaired) electrons. The lowest BCUT2D eigenvalue weighted by Crippen LogP contribution is -2.39. The van der Waals surface area contributed by atoms with E-state index in [9.17, 15) is 4.79 Å². The highest BCUT2D eigenvalue weighted by atomic mass is 35.5. The Hall–Kier alpha value is -2.20. The number of rotatable bonds is 5. The number of carbonyl (C=O) groups is 1. The first kappa shape index (κ1) is 17.2. The standard InChI is InChI=1S/C18H21ClN2O2/c1-12(2)16-9-4-5-10-17(16)23-13(3)20-18(22)21-15-8-6-7-14(19)11-15/h4-13H,1-3H3,(H2,20,21,22). The van der Waals surface area contributed by atoms with Gasteiger partial charge in [0.25, 0.3) is 0 Å². The second kappa shape index (κ2) is 7.88. The maximum atomic E-state index is 12.0. The van der Waals surface area contributed by atoms with Crippen molar-refractivity contribution in [3.8, 4) is 5.75 Å². The zero-order valence-corrected chi connectivity index (χ0v) is 14.2. The van der Waals surface area contributed by atoms with E-state index in [1.807, 2.05) is 24.3 Å². The second-order valence-electron chi connectivity index (χ2n) is 5.56. The predicted molar refractivity (Wildman–Crippen MR) is 94.2 cm³/mol. The molecule has 23 heavy (non-hydrogen) atoms. The van der Waals surface area contributed by atoms with Gasteiger partial charge in [-0.25, -0.2) is 4.79 Å². The third-order valence-electron chi connectivity index (χ3n) is 3.26. The first-order valence-electron chi connectivity index (χ1n) is 7.54. The molecule has 1 atom stereocenters. The molecule has 122 valence electrons. The van der Waals surface area contributed by atoms with Crippen molar-refractivity contribution >= 4 is 23.3 Å². The molecule has 0 saturated heterocycles. The smallest absolute Gasteiger partial charge is 0.322 e. The molecule has 0 bridgehead atoms. The van der Waals surface area contributed by atoms with Crippen molar-refractivity contribution in [1.82, 2.24) is 5.32 Å². The molecule has 0 aliphatic heterocycles. The van der Waals surface area contributed by atoms with Crippen molar-refractivity contribution in [2.24, 2.45) is 0 Å². The molecule has 0 spiro atoms. The lowest BCUT2D eigenvalue weighted by molar-refractivity contribution is 0.181. The van der Waals surface area contributed by atoms with Gasteiger partial charge in [-0.05, 0) is 42.7 Å². The van der Waals surface area contributed by atoms with Crippen LogP contribution in [0.4, 0.5) is 10.5 Å². The molecule has 2 aromatic carbocycles. The minimum Gasteiger partial charge on any atom is -0.471 e. The summed E-state index contributed by atoms with van der Waals surface area (Å²) in [7, 11) is 0. The molecule has 0 aromatic heterocycles. The Kier molecular flexibility index (Phi) is 5.88. The third-order valence-corrected chi connectivity index (χ3v) is 3.50. The first-order valence-corrected chi connectivity index (χ1v) is 7.92. The number of halogens is 1. The number of anilines is 1. The van der Waals surface area contributed by atoms with Crippen LogP contribution < -0.4 is 15.4 Å². The van der Waals surface area contributed by atoms with Crippen molar-refractivity contribution in [1.29, 1.82) is 0 Å². The summed E-state index contributed by atoms with van der Waals surface area (Å²) < 4.78 is 5.84. The van der Waals surface area contributed by atoms with E-state index in [-0.39, 0.29) is 6.03 Å². The van der Waals surface area contributed by atoms with Gasteiger partial charge in [-0.2, -0.15) is 0 Å². The highest BCUT2D eigenvalue weighted by Crippen LogP contribution is 2.26. The van der Waals surface area contributed by atoms with Gasteiger partial charge in [0.05, 0.1) is 0 Å². The Morgan fingerprint density at radius 3 is 2.52 bits per heavy atom. The SMILES string of the molecule is CC(NC(=O)Nc1cccc(Cl)c1)Oc1ccccc1C(C)C. The molecular weight excluding hydrogens is 312 g/mol. The van der Waals surface area contributed by atoms with E-state index >= 15 is 0 Å². The molecule has 0 aliphatic rings. The van der Waals surface area contributed by atoms with Crippen LogP contribution in [0.15, 0.2) is 48.5 Å². The molecule has 2 rings (SSSR count). The number of para-hydroxylation sites is 1. The molecule has 0 saturated carbocycles. The molecule has 0 fully saturated rings. The van der Waals surface area contributed by atoms with E-state index in [4.69, 9.17) is 16.3 Å². The minimum atomic E-state index is -0.464. The fraction of sp³-hybridized carbons (Fsp3) is 0.278. The second-order valence-corrected chi connectivity index (χ2v) is 6.00. The van der Waals surface area contributed by atoms with Crippen LogP contribution in [0.25, 0.3) is 0 Å². The van der Waals surface area contributed by atoms with Crippen LogP contribution in [-0.4, -0.2) is 12.3 Å². The average Bonchev–Trinajstić information content (AvgIpc) is 2.47. The van der Waals surface area contributed by atoms with E-state index < -0.39 is 6.23 Å². The lowest BCUT2D eigenvalue weighted by Gasteiger charge is -2.20. The molecule has 5 heteroatoms. The summed E-state index contributed by atoms with van der Waals surface area (Å²) in [5.74, 6) is 1.12. The van der Waals surface area contributed by atoms with Crippen molar-refractivity contribution < 1.29 is 9.53 Å². The molecule has 1 unspecified atom stereocenters. The molecule has 0 aliphatic carbocycles. The quantitative estimate of drug-likeness (QED) is 0.756. The fourth-order valence-electron chi connectivity index (χ4n) is 2.20. The average molecular weight is 333 g/mol. The number of benzene rings is 2. The molecule has 2 amide bonds. The van der Waals surface area contributed by atoms with E-state index in [0.29, 0.717) is 16.6 Å². The predicted octanol–water partition coefficient (Wildman–Crippen LogP) is 5.01. The number of nitrogens with one attached hydrogen (secondary N) is 2. The Labute approximate surface area is 141 Å². The first-order chi connectivity index (χ1) is 11.0. The minimum absolute atomic E-state index is 0.346. The Morgan fingerprint density at radius 1 is 1.09 bits per heavy atom. The maximum Gasteiger partial charge on any atom is 0.322 e. The maximum absolute atomic E-state index is 12.0. The van der Waals surface area contributed by atoms with Crippen LogP contribution >= 0.6 is 11.6 Å². The van der Waals surface area contributed by atoms with Crippen LogP contribution in [0, 0.1) is 0 Å². The molecular formula is C18H21ClN2O2. The zero-order chi connectivity index (χ0) is 16.8. The monoisotopic (exact) mass is 332 g/mol. The largest absolute Gasteiger partial charge is 0.471 e. The van der Waals surface area contributed by atoms with Gasteiger partial charge in [-0.3, -0.25) is 0 Å². The summed E-state index contributed by atoms with van der Waals surface area (Å²) in [4.78, 5) is 12.0. The molecule has 2 N–H and O–H groups in total. The lowest BCUT2D eigenvalue weighted by atomic mass is 10.0. The van der Waals surface area contributed by atoms with Gasteiger partial charge in [0, 0.05) is 10.7 Å². The van der Waals surface area contributed by atoms with Crippen LogP contribution in [0.3, 0.4) is 0 Å². The summed E-state index contributed by atoms with van der Waals surface area (Å²) in [6, 6.07) is 14.5. The molecule has 0 heterocycles. The number of ether oxygens (including phenoxy) is 1. The van der Waals surface area contributed by atoms with Crippen molar-refractivity contribution in [3.05, 3.63) is 59.1 Å². The van der Waals surface area contributed by atoms with Gasteiger partial charge in [-0.1, -0.05) is 49.7 Å². The van der Waals surface area contributed by atoms with Gasteiger partial charge in [-0.15, -0.1) is 0 Å². The Balaban J connectivity index is 1.94. The van der Waals surface area contributed by atoms with Gasteiger partial charge in [0.2, 0.25) is 0 Å². The van der Waals surface area contributed by atoms with E-state index in [0.717, 1.165) is 11.3 Å². The Bertz CT molecular complexity index is 674. The van der Waals surface area contributed by atoms with E-state index in [1.54, 1.807) is 31.2 Å². The summed E-state index contributed by atoms with van der Waals surface area (Å²) >= 11 is 5.89. The normalized spacial score (nSPS) is 11.9. The van der Waals surface area contributed by atoms with E-state index in [1.165, 1.54) is 0 Å². The van der Waals surface area contributed by atoms with Crippen LogP contribution in [0.5, 0.6) is 5.75 Å². The Morgan fingerprint density at radius 2 is 1.83 bits per heavy atom. The van der Waals surface area contributed by atoms with Crippen LogP contribution in [0.1, 0.15) is 32.3 Å². The van der Waals surface area contributed by atoms with E-state index in [2.05, 4.69) is 24.5 Å². The van der Waals surface area contributed by atoms with Crippen LogP contribution in [-0.2, 0) is 0 Å². The fourth-order valence-corrected chi connectivity index (χ4v) is 2.39.